The Hall–Kier alpha value is -2.05. The molecule has 7 nitrogen and oxygen atoms in total. The summed E-state index contributed by atoms with van der Waals surface area (Å²) < 4.78 is 1.65. The number of carboxylic acids is 1. The molecule has 0 fully saturated rings. The maximum absolute atomic E-state index is 11.9. The lowest BCUT2D eigenvalue weighted by Crippen LogP contribution is -2.58. The van der Waals surface area contributed by atoms with E-state index in [9.17, 15) is 14.7 Å². The first-order chi connectivity index (χ1) is 9.06. The number of aliphatic carboxylic acids is 1. The highest BCUT2D eigenvalue weighted by molar-refractivity contribution is 5.79. The summed E-state index contributed by atoms with van der Waals surface area (Å²) in [5.74, 6) is -0.963. The first kappa shape index (κ1) is 16.0. The van der Waals surface area contributed by atoms with Gasteiger partial charge in [-0.1, -0.05) is 0 Å². The molecule has 2 amide bonds. The second kappa shape index (κ2) is 5.52. The monoisotopic (exact) mass is 282 g/mol. The van der Waals surface area contributed by atoms with Crippen LogP contribution in [-0.4, -0.2) is 32.4 Å². The van der Waals surface area contributed by atoms with Crippen molar-refractivity contribution in [1.82, 2.24) is 20.4 Å². The van der Waals surface area contributed by atoms with E-state index in [1.807, 2.05) is 0 Å². The summed E-state index contributed by atoms with van der Waals surface area (Å²) in [6.07, 6.45) is 3.46. The molecule has 0 unspecified atom stereocenters. The predicted octanol–water partition coefficient (Wildman–Crippen LogP) is 1.11. The minimum Gasteiger partial charge on any atom is -0.481 e. The largest absolute Gasteiger partial charge is 0.481 e. The third-order valence-electron chi connectivity index (χ3n) is 3.73. The molecule has 112 valence electrons. The van der Waals surface area contributed by atoms with Crippen molar-refractivity contribution < 1.29 is 14.7 Å². The van der Waals surface area contributed by atoms with Gasteiger partial charge >= 0.3 is 12.0 Å². The number of hydrogen-bond acceptors (Lipinski definition) is 3. The van der Waals surface area contributed by atoms with Crippen LogP contribution in [0.5, 0.6) is 0 Å². The van der Waals surface area contributed by atoms with Crippen LogP contribution in [0.1, 0.15) is 33.3 Å². The average Bonchev–Trinajstić information content (AvgIpc) is 2.71. The van der Waals surface area contributed by atoms with Gasteiger partial charge in [0.15, 0.2) is 0 Å². The highest BCUT2D eigenvalue weighted by Gasteiger charge is 2.44. The van der Waals surface area contributed by atoms with E-state index in [-0.39, 0.29) is 0 Å². The number of carbonyl (C=O) groups is 2. The number of nitrogens with one attached hydrogen (secondary N) is 2. The van der Waals surface area contributed by atoms with Gasteiger partial charge in [-0.3, -0.25) is 9.48 Å². The van der Waals surface area contributed by atoms with Gasteiger partial charge < -0.3 is 15.7 Å². The Morgan fingerprint density at radius 2 is 1.95 bits per heavy atom. The number of hydrogen-bond donors (Lipinski definition) is 3. The van der Waals surface area contributed by atoms with Crippen molar-refractivity contribution in [3.05, 3.63) is 18.0 Å². The molecule has 7 heteroatoms. The van der Waals surface area contributed by atoms with Crippen LogP contribution < -0.4 is 10.6 Å². The Labute approximate surface area is 118 Å². The van der Waals surface area contributed by atoms with Crippen LogP contribution in [0.25, 0.3) is 0 Å². The number of rotatable bonds is 5. The minimum absolute atomic E-state index is 0.337. The maximum Gasteiger partial charge on any atom is 0.315 e. The Morgan fingerprint density at radius 3 is 2.40 bits per heavy atom. The smallest absolute Gasteiger partial charge is 0.315 e. The SMILES string of the molecule is Cn1cc(CNC(=O)NC(C)(C)C(C)(C)C(=O)O)cn1. The van der Waals surface area contributed by atoms with Crippen molar-refractivity contribution in [3.8, 4) is 0 Å². The highest BCUT2D eigenvalue weighted by Crippen LogP contribution is 2.30. The van der Waals surface area contributed by atoms with Crippen molar-refractivity contribution in [3.63, 3.8) is 0 Å². The van der Waals surface area contributed by atoms with Gasteiger partial charge in [0.25, 0.3) is 0 Å². The topological polar surface area (TPSA) is 96.2 Å². The molecule has 0 atom stereocenters. The predicted molar refractivity (Wildman–Crippen MR) is 74.1 cm³/mol. The number of urea groups is 1. The summed E-state index contributed by atoms with van der Waals surface area (Å²) in [4.78, 5) is 23.1. The van der Waals surface area contributed by atoms with Crippen LogP contribution in [-0.2, 0) is 18.4 Å². The molecule has 0 aliphatic heterocycles. The van der Waals surface area contributed by atoms with Crippen LogP contribution in [0.3, 0.4) is 0 Å². The fourth-order valence-corrected chi connectivity index (χ4v) is 1.50. The van der Waals surface area contributed by atoms with Gasteiger partial charge in [0.1, 0.15) is 0 Å². The summed E-state index contributed by atoms with van der Waals surface area (Å²) in [5.41, 5.74) is -1.10. The normalized spacial score (nSPS) is 12.1. The summed E-state index contributed by atoms with van der Waals surface area (Å²) in [5, 5.41) is 18.6. The number of nitrogens with zero attached hydrogens (tertiary/aromatic N) is 2. The van der Waals surface area contributed by atoms with Crippen LogP contribution in [0.2, 0.25) is 0 Å². The quantitative estimate of drug-likeness (QED) is 0.753. The van der Waals surface area contributed by atoms with Gasteiger partial charge in [0.05, 0.1) is 17.2 Å². The Balaban J connectivity index is 2.59. The van der Waals surface area contributed by atoms with Crippen molar-refractivity contribution in [2.24, 2.45) is 12.5 Å². The van der Waals surface area contributed by atoms with E-state index >= 15 is 0 Å². The molecule has 0 aliphatic carbocycles. The van der Waals surface area contributed by atoms with E-state index in [2.05, 4.69) is 15.7 Å². The van der Waals surface area contributed by atoms with Crippen molar-refractivity contribution in [2.45, 2.75) is 39.8 Å². The molecule has 20 heavy (non-hydrogen) atoms. The first-order valence-electron chi connectivity index (χ1n) is 6.33. The van der Waals surface area contributed by atoms with E-state index in [1.54, 1.807) is 51.8 Å². The van der Waals surface area contributed by atoms with Gasteiger partial charge in [-0.05, 0) is 27.7 Å². The van der Waals surface area contributed by atoms with Gasteiger partial charge in [0, 0.05) is 25.4 Å². The zero-order valence-corrected chi connectivity index (χ0v) is 12.5. The lowest BCUT2D eigenvalue weighted by atomic mass is 9.74. The van der Waals surface area contributed by atoms with E-state index < -0.39 is 23.0 Å². The zero-order valence-electron chi connectivity index (χ0n) is 12.5. The maximum atomic E-state index is 11.9. The van der Waals surface area contributed by atoms with Crippen molar-refractivity contribution in [2.75, 3.05) is 0 Å². The molecular weight excluding hydrogens is 260 g/mol. The van der Waals surface area contributed by atoms with Gasteiger partial charge in [-0.15, -0.1) is 0 Å². The van der Waals surface area contributed by atoms with E-state index in [4.69, 9.17) is 0 Å². The van der Waals surface area contributed by atoms with Crippen LogP contribution >= 0.6 is 0 Å². The van der Waals surface area contributed by atoms with E-state index in [0.29, 0.717) is 6.54 Å². The molecule has 3 N–H and O–H groups in total. The molecule has 0 saturated carbocycles. The molecule has 0 radical (unpaired) electrons. The molecule has 0 bridgehead atoms. The number of aromatic nitrogens is 2. The van der Waals surface area contributed by atoms with Crippen LogP contribution in [0.15, 0.2) is 12.4 Å². The Morgan fingerprint density at radius 1 is 1.35 bits per heavy atom. The summed E-state index contributed by atoms with van der Waals surface area (Å²) in [6, 6.07) is -0.409. The second-order valence-electron chi connectivity index (χ2n) is 5.89. The van der Waals surface area contributed by atoms with Crippen molar-refractivity contribution in [1.29, 1.82) is 0 Å². The molecule has 0 saturated heterocycles. The van der Waals surface area contributed by atoms with Gasteiger partial charge in [-0.2, -0.15) is 5.10 Å². The molecular formula is C13H22N4O3. The molecule has 1 aromatic heterocycles. The molecule has 0 spiro atoms. The molecule has 1 heterocycles. The Kier molecular flexibility index (Phi) is 4.42. The fourth-order valence-electron chi connectivity index (χ4n) is 1.50. The Bertz CT molecular complexity index is 505. The standard InChI is InChI=1S/C13H22N4O3/c1-12(2,10(18)19)13(3,4)16-11(20)14-6-9-7-15-17(5)8-9/h7-8H,6H2,1-5H3,(H,18,19)(H2,14,16,20). The third kappa shape index (κ3) is 3.49. The fraction of sp³-hybridized carbons (Fsp3) is 0.615. The van der Waals surface area contributed by atoms with E-state index in [1.165, 1.54) is 0 Å². The molecule has 1 aromatic rings. The molecule has 1 rings (SSSR count). The van der Waals surface area contributed by atoms with E-state index in [0.717, 1.165) is 5.56 Å². The summed E-state index contributed by atoms with van der Waals surface area (Å²) in [6.45, 7) is 6.87. The summed E-state index contributed by atoms with van der Waals surface area (Å²) >= 11 is 0. The summed E-state index contributed by atoms with van der Waals surface area (Å²) in [7, 11) is 1.79. The minimum atomic E-state index is -1.08. The lowest BCUT2D eigenvalue weighted by Gasteiger charge is -2.38. The van der Waals surface area contributed by atoms with Crippen LogP contribution in [0, 0.1) is 5.41 Å². The lowest BCUT2D eigenvalue weighted by molar-refractivity contribution is -0.150. The number of carbonyl (C=O) groups excluding carboxylic acids is 1. The van der Waals surface area contributed by atoms with Gasteiger partial charge in [0.2, 0.25) is 0 Å². The third-order valence-corrected chi connectivity index (χ3v) is 3.73. The molecule has 0 aromatic carbocycles. The van der Waals surface area contributed by atoms with Crippen molar-refractivity contribution >= 4 is 12.0 Å². The number of aryl methyl sites for hydroxylation is 1. The molecule has 0 aliphatic rings. The first-order valence-corrected chi connectivity index (χ1v) is 6.33. The number of carboxylic acid groups (broad SMARTS) is 1. The second-order valence-corrected chi connectivity index (χ2v) is 5.89. The zero-order chi connectivity index (χ0) is 15.6. The highest BCUT2D eigenvalue weighted by atomic mass is 16.4. The average molecular weight is 282 g/mol. The van der Waals surface area contributed by atoms with Crippen LogP contribution in [0.4, 0.5) is 4.79 Å². The van der Waals surface area contributed by atoms with Gasteiger partial charge in [-0.25, -0.2) is 4.79 Å². The number of amides is 2.